The van der Waals surface area contributed by atoms with Crippen LogP contribution in [0, 0.1) is 13.8 Å². The quantitative estimate of drug-likeness (QED) is 0.853. The maximum atomic E-state index is 12.3. The highest BCUT2D eigenvalue weighted by atomic mass is 32.2. The molecule has 0 aliphatic rings. The summed E-state index contributed by atoms with van der Waals surface area (Å²) in [6.45, 7) is 5.87. The molecule has 6 heteroatoms. The van der Waals surface area contributed by atoms with Gasteiger partial charge in [0.25, 0.3) is 0 Å². The Bertz CT molecular complexity index is 703. The second-order valence-electron chi connectivity index (χ2n) is 4.78. The van der Waals surface area contributed by atoms with E-state index in [0.717, 1.165) is 10.4 Å². The lowest BCUT2D eigenvalue weighted by atomic mass is 10.1. The largest absolute Gasteiger partial charge is 0.399 e. The average Bonchev–Trinajstić information content (AvgIpc) is 2.68. The molecule has 2 aromatic rings. The van der Waals surface area contributed by atoms with Gasteiger partial charge >= 0.3 is 0 Å². The predicted octanol–water partition coefficient (Wildman–Crippen LogP) is 2.99. The molecule has 0 spiro atoms. The minimum atomic E-state index is -3.53. The Balaban J connectivity index is 2.24. The highest BCUT2D eigenvalue weighted by Gasteiger charge is 2.20. The number of sulfonamides is 1. The summed E-state index contributed by atoms with van der Waals surface area (Å²) in [5.74, 6) is 0. The molecule has 1 heterocycles. The third-order valence-electron chi connectivity index (χ3n) is 3.07. The van der Waals surface area contributed by atoms with Gasteiger partial charge < -0.3 is 5.73 Å². The van der Waals surface area contributed by atoms with E-state index in [1.165, 1.54) is 17.0 Å². The van der Waals surface area contributed by atoms with E-state index in [9.17, 15) is 8.42 Å². The summed E-state index contributed by atoms with van der Waals surface area (Å²) >= 11 is 1.67. The number of thiophene rings is 1. The van der Waals surface area contributed by atoms with Gasteiger partial charge in [-0.25, -0.2) is 13.1 Å². The van der Waals surface area contributed by atoms with Gasteiger partial charge in [0, 0.05) is 21.5 Å². The van der Waals surface area contributed by atoms with Crippen molar-refractivity contribution in [1.29, 1.82) is 0 Å². The zero-order chi connectivity index (χ0) is 14.9. The molecule has 2 rings (SSSR count). The molecule has 0 bridgehead atoms. The van der Waals surface area contributed by atoms with Crippen molar-refractivity contribution in [1.82, 2.24) is 4.72 Å². The van der Waals surface area contributed by atoms with Crippen LogP contribution in [-0.4, -0.2) is 8.42 Å². The topological polar surface area (TPSA) is 72.2 Å². The molecule has 0 aliphatic heterocycles. The molecule has 108 valence electrons. The van der Waals surface area contributed by atoms with Gasteiger partial charge in [-0.2, -0.15) is 0 Å². The summed E-state index contributed by atoms with van der Waals surface area (Å²) in [4.78, 5) is 2.54. The monoisotopic (exact) mass is 310 g/mol. The molecule has 20 heavy (non-hydrogen) atoms. The third-order valence-corrected chi connectivity index (χ3v) is 5.61. The zero-order valence-corrected chi connectivity index (χ0v) is 13.3. The van der Waals surface area contributed by atoms with E-state index >= 15 is 0 Å². The smallest absolute Gasteiger partial charge is 0.241 e. The van der Waals surface area contributed by atoms with E-state index in [1.807, 2.05) is 26.8 Å². The van der Waals surface area contributed by atoms with E-state index < -0.39 is 10.0 Å². The van der Waals surface area contributed by atoms with Crippen LogP contribution in [-0.2, 0) is 10.0 Å². The number of aryl methyl sites for hydroxylation is 2. The first-order chi connectivity index (χ1) is 9.29. The van der Waals surface area contributed by atoms with Crippen molar-refractivity contribution >= 4 is 27.0 Å². The van der Waals surface area contributed by atoms with Gasteiger partial charge in [0.15, 0.2) is 0 Å². The number of anilines is 1. The minimum absolute atomic E-state index is 0.225. The number of nitrogen functional groups attached to an aromatic ring is 1. The first kappa shape index (κ1) is 15.0. The standard InChI is InChI=1S/C14H18N2O2S2/c1-9-8-14(11(3)19-9)10(2)16-20(17,18)13-6-4-12(15)5-7-13/h4-8,10,16H,15H2,1-3H3. The van der Waals surface area contributed by atoms with E-state index in [1.54, 1.807) is 23.5 Å². The van der Waals surface area contributed by atoms with Crippen molar-refractivity contribution < 1.29 is 8.42 Å². The summed E-state index contributed by atoms with van der Waals surface area (Å²) in [6.07, 6.45) is 0. The Labute approximate surface area is 123 Å². The fourth-order valence-corrected chi connectivity index (χ4v) is 4.34. The first-order valence-corrected chi connectivity index (χ1v) is 8.54. The predicted molar refractivity (Wildman–Crippen MR) is 83.4 cm³/mol. The van der Waals surface area contributed by atoms with Crippen LogP contribution >= 0.6 is 11.3 Å². The molecule has 1 unspecified atom stereocenters. The van der Waals surface area contributed by atoms with Crippen LogP contribution in [0.5, 0.6) is 0 Å². The van der Waals surface area contributed by atoms with Crippen molar-refractivity contribution in [2.45, 2.75) is 31.7 Å². The Morgan fingerprint density at radius 1 is 1.20 bits per heavy atom. The molecule has 0 saturated heterocycles. The Kier molecular flexibility index (Phi) is 4.17. The molecular formula is C14H18N2O2S2. The van der Waals surface area contributed by atoms with Gasteiger partial charge in [-0.3, -0.25) is 0 Å². The Morgan fingerprint density at radius 2 is 1.80 bits per heavy atom. The molecule has 0 amide bonds. The third kappa shape index (κ3) is 3.20. The van der Waals surface area contributed by atoms with Crippen LogP contribution < -0.4 is 10.5 Å². The normalized spacial score (nSPS) is 13.3. The molecule has 1 aromatic carbocycles. The van der Waals surface area contributed by atoms with Gasteiger partial charge in [-0.05, 0) is 56.7 Å². The summed E-state index contributed by atoms with van der Waals surface area (Å²) < 4.78 is 27.3. The van der Waals surface area contributed by atoms with E-state index in [2.05, 4.69) is 4.72 Å². The number of nitrogens with two attached hydrogens (primary N) is 1. The molecule has 4 nitrogen and oxygen atoms in total. The summed E-state index contributed by atoms with van der Waals surface area (Å²) in [5, 5.41) is 0. The first-order valence-electron chi connectivity index (χ1n) is 6.24. The van der Waals surface area contributed by atoms with Crippen molar-refractivity contribution in [2.75, 3.05) is 5.73 Å². The number of nitrogens with one attached hydrogen (secondary N) is 1. The van der Waals surface area contributed by atoms with Gasteiger partial charge in [0.1, 0.15) is 0 Å². The number of hydrogen-bond acceptors (Lipinski definition) is 4. The van der Waals surface area contributed by atoms with Crippen LogP contribution in [0.15, 0.2) is 35.2 Å². The maximum absolute atomic E-state index is 12.3. The van der Waals surface area contributed by atoms with Crippen molar-refractivity contribution in [3.8, 4) is 0 Å². The van der Waals surface area contributed by atoms with Crippen molar-refractivity contribution in [2.24, 2.45) is 0 Å². The number of benzene rings is 1. The Hall–Kier alpha value is -1.37. The molecule has 0 fully saturated rings. The Morgan fingerprint density at radius 3 is 2.30 bits per heavy atom. The summed E-state index contributed by atoms with van der Waals surface area (Å²) in [5.41, 5.74) is 7.13. The number of rotatable bonds is 4. The lowest BCUT2D eigenvalue weighted by Crippen LogP contribution is -2.27. The minimum Gasteiger partial charge on any atom is -0.399 e. The molecule has 1 aromatic heterocycles. The zero-order valence-electron chi connectivity index (χ0n) is 11.7. The maximum Gasteiger partial charge on any atom is 0.241 e. The average molecular weight is 310 g/mol. The SMILES string of the molecule is Cc1cc(C(C)NS(=O)(=O)c2ccc(N)cc2)c(C)s1. The van der Waals surface area contributed by atoms with E-state index in [0.29, 0.717) is 5.69 Å². The fourth-order valence-electron chi connectivity index (χ4n) is 2.09. The van der Waals surface area contributed by atoms with Crippen molar-refractivity contribution in [3.63, 3.8) is 0 Å². The van der Waals surface area contributed by atoms with Crippen LogP contribution in [0.3, 0.4) is 0 Å². The highest BCUT2D eigenvalue weighted by Crippen LogP contribution is 2.27. The van der Waals surface area contributed by atoms with Crippen LogP contribution in [0.25, 0.3) is 0 Å². The molecule has 0 radical (unpaired) electrons. The second kappa shape index (κ2) is 5.55. The van der Waals surface area contributed by atoms with Crippen LogP contribution in [0.1, 0.15) is 28.3 Å². The molecule has 0 saturated carbocycles. The summed E-state index contributed by atoms with van der Waals surface area (Å²) in [6, 6.07) is 7.95. The highest BCUT2D eigenvalue weighted by molar-refractivity contribution is 7.89. The lowest BCUT2D eigenvalue weighted by molar-refractivity contribution is 0.567. The van der Waals surface area contributed by atoms with Gasteiger partial charge in [-0.15, -0.1) is 11.3 Å². The van der Waals surface area contributed by atoms with Gasteiger partial charge in [0.2, 0.25) is 10.0 Å². The molecular weight excluding hydrogens is 292 g/mol. The fraction of sp³-hybridized carbons (Fsp3) is 0.286. The van der Waals surface area contributed by atoms with E-state index in [4.69, 9.17) is 5.73 Å². The van der Waals surface area contributed by atoms with Gasteiger partial charge in [-0.1, -0.05) is 0 Å². The lowest BCUT2D eigenvalue weighted by Gasteiger charge is -2.14. The van der Waals surface area contributed by atoms with Gasteiger partial charge in [0.05, 0.1) is 4.90 Å². The van der Waals surface area contributed by atoms with Crippen molar-refractivity contribution in [3.05, 3.63) is 45.6 Å². The second-order valence-corrected chi connectivity index (χ2v) is 7.96. The molecule has 0 aliphatic carbocycles. The summed E-state index contributed by atoms with van der Waals surface area (Å²) in [7, 11) is -3.53. The number of hydrogen-bond donors (Lipinski definition) is 2. The van der Waals surface area contributed by atoms with Crippen LogP contribution in [0.4, 0.5) is 5.69 Å². The molecule has 3 N–H and O–H groups in total. The van der Waals surface area contributed by atoms with E-state index in [-0.39, 0.29) is 10.9 Å². The van der Waals surface area contributed by atoms with Crippen LogP contribution in [0.2, 0.25) is 0 Å². The molecule has 1 atom stereocenters.